The van der Waals surface area contributed by atoms with Crippen LogP contribution in [0.25, 0.3) is 0 Å². The van der Waals surface area contributed by atoms with E-state index in [1.54, 1.807) is 25.2 Å². The second kappa shape index (κ2) is 10.6. The third-order valence-corrected chi connectivity index (χ3v) is 6.22. The van der Waals surface area contributed by atoms with E-state index in [0.717, 1.165) is 3.57 Å². The molecular formula is C23H23IN4O6. The highest BCUT2D eigenvalue weighted by Gasteiger charge is 2.38. The molecule has 178 valence electrons. The number of amides is 3. The van der Waals surface area contributed by atoms with Gasteiger partial charge in [0.1, 0.15) is 0 Å². The van der Waals surface area contributed by atoms with Gasteiger partial charge in [0.15, 0.2) is 0 Å². The molecule has 10 nitrogen and oxygen atoms in total. The van der Waals surface area contributed by atoms with E-state index in [1.165, 1.54) is 34.9 Å². The van der Waals surface area contributed by atoms with Crippen molar-refractivity contribution in [1.29, 1.82) is 0 Å². The Bertz CT molecular complexity index is 1160. The number of rotatable bonds is 8. The number of carboxylic acids is 1. The van der Waals surface area contributed by atoms with Crippen molar-refractivity contribution < 1.29 is 24.4 Å². The fourth-order valence-corrected chi connectivity index (χ4v) is 4.19. The number of carbonyl (C=O) groups excluding carboxylic acids is 2. The van der Waals surface area contributed by atoms with Crippen molar-refractivity contribution >= 4 is 46.2 Å². The number of carboxylic acid groups (broad SMARTS) is 1. The molecule has 2 aromatic carbocycles. The number of allylic oxidation sites excluding steroid dienone is 1. The van der Waals surface area contributed by atoms with Crippen LogP contribution >= 0.6 is 22.6 Å². The Morgan fingerprint density at radius 3 is 2.53 bits per heavy atom. The zero-order valence-corrected chi connectivity index (χ0v) is 20.7. The number of urea groups is 1. The van der Waals surface area contributed by atoms with E-state index in [-0.39, 0.29) is 29.4 Å². The predicted octanol–water partition coefficient (Wildman–Crippen LogP) is 3.79. The lowest BCUT2D eigenvalue weighted by Gasteiger charge is -2.37. The van der Waals surface area contributed by atoms with Crippen molar-refractivity contribution in [3.8, 4) is 0 Å². The van der Waals surface area contributed by atoms with Crippen LogP contribution in [0.5, 0.6) is 0 Å². The number of benzene rings is 2. The fraction of sp³-hybridized carbons (Fsp3) is 0.261. The van der Waals surface area contributed by atoms with Crippen LogP contribution in [0.4, 0.5) is 10.5 Å². The Balaban J connectivity index is 1.82. The number of nitro groups is 1. The normalized spacial score (nSPS) is 15.7. The first-order chi connectivity index (χ1) is 16.1. The molecule has 0 fully saturated rings. The van der Waals surface area contributed by atoms with Crippen LogP contribution in [-0.4, -0.2) is 57.9 Å². The van der Waals surface area contributed by atoms with Crippen LogP contribution in [-0.2, 0) is 4.79 Å². The molecule has 0 saturated carbocycles. The molecule has 3 amide bonds. The Morgan fingerprint density at radius 2 is 1.91 bits per heavy atom. The minimum absolute atomic E-state index is 0.0663. The fourth-order valence-electron chi connectivity index (χ4n) is 3.83. The van der Waals surface area contributed by atoms with Gasteiger partial charge in [-0.05, 0) is 65.8 Å². The van der Waals surface area contributed by atoms with Crippen LogP contribution in [0.2, 0.25) is 0 Å². The van der Waals surface area contributed by atoms with Gasteiger partial charge >= 0.3 is 12.0 Å². The van der Waals surface area contributed by atoms with Crippen molar-refractivity contribution in [2.24, 2.45) is 0 Å². The monoisotopic (exact) mass is 578 g/mol. The summed E-state index contributed by atoms with van der Waals surface area (Å²) in [6.45, 7) is 1.94. The van der Waals surface area contributed by atoms with Crippen molar-refractivity contribution in [3.63, 3.8) is 0 Å². The molecule has 1 unspecified atom stereocenters. The molecule has 0 aromatic heterocycles. The average Bonchev–Trinajstić information content (AvgIpc) is 2.79. The quantitative estimate of drug-likeness (QED) is 0.278. The predicted molar refractivity (Wildman–Crippen MR) is 132 cm³/mol. The van der Waals surface area contributed by atoms with Crippen molar-refractivity contribution in [1.82, 2.24) is 15.1 Å². The van der Waals surface area contributed by atoms with Gasteiger partial charge in [-0.1, -0.05) is 12.1 Å². The van der Waals surface area contributed by atoms with Crippen LogP contribution < -0.4 is 5.32 Å². The second-order valence-electron chi connectivity index (χ2n) is 7.81. The van der Waals surface area contributed by atoms with E-state index in [1.807, 2.05) is 12.1 Å². The summed E-state index contributed by atoms with van der Waals surface area (Å²) in [4.78, 5) is 51.1. The van der Waals surface area contributed by atoms with Crippen molar-refractivity contribution in [3.05, 3.63) is 84.6 Å². The first-order valence-electron chi connectivity index (χ1n) is 10.4. The van der Waals surface area contributed by atoms with E-state index in [2.05, 4.69) is 27.9 Å². The molecule has 0 bridgehead atoms. The first kappa shape index (κ1) is 25.1. The maximum atomic E-state index is 12.8. The largest absolute Gasteiger partial charge is 0.478 e. The molecule has 1 heterocycles. The number of non-ortho nitro benzene ring substituents is 1. The van der Waals surface area contributed by atoms with Gasteiger partial charge in [-0.3, -0.25) is 14.9 Å². The van der Waals surface area contributed by atoms with Gasteiger partial charge in [-0.15, -0.1) is 0 Å². The minimum atomic E-state index is -1.23. The molecule has 34 heavy (non-hydrogen) atoms. The van der Waals surface area contributed by atoms with Gasteiger partial charge in [0, 0.05) is 47.1 Å². The van der Waals surface area contributed by atoms with Gasteiger partial charge in [0.05, 0.1) is 16.5 Å². The van der Waals surface area contributed by atoms with Crippen LogP contribution in [0.15, 0.2) is 59.8 Å². The molecule has 0 radical (unpaired) electrons. The standard InChI is InChI=1S/C23H23IN4O6/c1-14-19(22(30)31)20(16-5-3-6-18(13-16)28(33)34)27(23(32)25-14)12-4-11-26(2)21(29)15-7-9-17(24)10-8-15/h3,5-10,13,20H,4,11-12H2,1-2H3,(H,25,32)(H,30,31). The highest BCUT2D eigenvalue weighted by atomic mass is 127. The summed E-state index contributed by atoms with van der Waals surface area (Å²) in [5.41, 5.74) is 0.775. The Kier molecular flexibility index (Phi) is 7.87. The summed E-state index contributed by atoms with van der Waals surface area (Å²) >= 11 is 2.16. The third-order valence-electron chi connectivity index (χ3n) is 5.50. The maximum absolute atomic E-state index is 12.8. The van der Waals surface area contributed by atoms with Crippen LogP contribution in [0, 0.1) is 13.7 Å². The zero-order valence-electron chi connectivity index (χ0n) is 18.5. The molecule has 11 heteroatoms. The lowest BCUT2D eigenvalue weighted by molar-refractivity contribution is -0.384. The summed E-state index contributed by atoms with van der Waals surface area (Å²) in [6.07, 6.45) is 0.372. The van der Waals surface area contributed by atoms with Gasteiger partial charge < -0.3 is 20.2 Å². The first-order valence-corrected chi connectivity index (χ1v) is 11.4. The van der Waals surface area contributed by atoms with Crippen LogP contribution in [0.3, 0.4) is 0 Å². The lowest BCUT2D eigenvalue weighted by Crippen LogP contribution is -2.49. The lowest BCUT2D eigenvalue weighted by atomic mass is 9.93. The summed E-state index contributed by atoms with van der Waals surface area (Å²) in [5.74, 6) is -1.40. The van der Waals surface area contributed by atoms with Gasteiger partial charge in [0.2, 0.25) is 0 Å². The summed E-state index contributed by atoms with van der Waals surface area (Å²) in [5, 5.41) is 23.6. The Hall–Kier alpha value is -3.48. The zero-order chi connectivity index (χ0) is 25.0. The van der Waals surface area contributed by atoms with Gasteiger partial charge in [-0.2, -0.15) is 0 Å². The Labute approximate surface area is 209 Å². The molecule has 0 spiro atoms. The minimum Gasteiger partial charge on any atom is -0.478 e. The van der Waals surface area contributed by atoms with E-state index >= 15 is 0 Å². The molecule has 0 aliphatic carbocycles. The van der Waals surface area contributed by atoms with E-state index in [0.29, 0.717) is 24.1 Å². The number of nitrogens with one attached hydrogen (secondary N) is 1. The van der Waals surface area contributed by atoms with E-state index < -0.39 is 23.0 Å². The third kappa shape index (κ3) is 5.53. The van der Waals surface area contributed by atoms with Gasteiger partial charge in [-0.25, -0.2) is 9.59 Å². The topological polar surface area (TPSA) is 133 Å². The van der Waals surface area contributed by atoms with Crippen molar-refractivity contribution in [2.45, 2.75) is 19.4 Å². The van der Waals surface area contributed by atoms with E-state index in [4.69, 9.17) is 0 Å². The van der Waals surface area contributed by atoms with Gasteiger partial charge in [0.25, 0.3) is 11.6 Å². The smallest absolute Gasteiger partial charge is 0.335 e. The molecule has 0 saturated heterocycles. The highest BCUT2D eigenvalue weighted by Crippen LogP contribution is 2.35. The molecule has 2 N–H and O–H groups in total. The average molecular weight is 578 g/mol. The summed E-state index contributed by atoms with van der Waals surface area (Å²) < 4.78 is 1.01. The van der Waals surface area contributed by atoms with Crippen molar-refractivity contribution in [2.75, 3.05) is 20.1 Å². The molecule has 2 aromatic rings. The molecule has 3 rings (SSSR count). The summed E-state index contributed by atoms with van der Waals surface area (Å²) in [6, 6.07) is 11.2. The highest BCUT2D eigenvalue weighted by molar-refractivity contribution is 14.1. The number of nitrogens with zero attached hydrogens (tertiary/aromatic N) is 3. The number of hydrogen-bond donors (Lipinski definition) is 2. The number of halogens is 1. The Morgan fingerprint density at radius 1 is 1.24 bits per heavy atom. The van der Waals surface area contributed by atoms with E-state index in [9.17, 15) is 29.6 Å². The number of aliphatic carboxylic acids is 1. The second-order valence-corrected chi connectivity index (χ2v) is 9.05. The molecule has 1 atom stereocenters. The van der Waals surface area contributed by atoms with Crippen LogP contribution in [0.1, 0.15) is 35.3 Å². The maximum Gasteiger partial charge on any atom is 0.335 e. The SMILES string of the molecule is CC1=C(C(=O)O)C(c2cccc([N+](=O)[O-])c2)N(CCCN(C)C(=O)c2ccc(I)cc2)C(=O)N1. The number of hydrogen-bond acceptors (Lipinski definition) is 5. The molecule has 1 aliphatic heterocycles. The molecular weight excluding hydrogens is 555 g/mol. The number of nitro benzene ring substituents is 1. The summed E-state index contributed by atoms with van der Waals surface area (Å²) in [7, 11) is 1.65. The number of carbonyl (C=O) groups is 3. The molecule has 1 aliphatic rings.